The highest BCUT2D eigenvalue weighted by Crippen LogP contribution is 2.22. The zero-order chi connectivity index (χ0) is 15.7. The summed E-state index contributed by atoms with van der Waals surface area (Å²) in [6, 6.07) is 5.73. The van der Waals surface area contributed by atoms with Crippen LogP contribution in [-0.4, -0.2) is 44.1 Å². The van der Waals surface area contributed by atoms with Crippen LogP contribution in [0.1, 0.15) is 24.2 Å². The van der Waals surface area contributed by atoms with Crippen LogP contribution in [0, 0.1) is 19.8 Å². The van der Waals surface area contributed by atoms with Crippen molar-refractivity contribution in [2.24, 2.45) is 5.92 Å². The second-order valence-electron chi connectivity index (χ2n) is 5.71. The lowest BCUT2D eigenvalue weighted by atomic mass is 9.98. The van der Waals surface area contributed by atoms with Crippen LogP contribution in [0.25, 0.3) is 5.82 Å². The Bertz CT molecular complexity index is 680. The van der Waals surface area contributed by atoms with Crippen LogP contribution >= 0.6 is 0 Å². The molecule has 1 aliphatic rings. The van der Waals surface area contributed by atoms with Gasteiger partial charge in [0.1, 0.15) is 0 Å². The highest BCUT2D eigenvalue weighted by Gasteiger charge is 2.26. The summed E-state index contributed by atoms with van der Waals surface area (Å²) in [7, 11) is 0. The number of aryl methyl sites for hydroxylation is 2. The second-order valence-corrected chi connectivity index (χ2v) is 5.71. The number of aliphatic carboxylic acids is 1. The Hall–Kier alpha value is -2.44. The van der Waals surface area contributed by atoms with Crippen molar-refractivity contribution in [1.29, 1.82) is 0 Å². The number of piperidine rings is 1. The van der Waals surface area contributed by atoms with Gasteiger partial charge in [0.2, 0.25) is 0 Å². The zero-order valence-electron chi connectivity index (χ0n) is 12.7. The van der Waals surface area contributed by atoms with E-state index in [1.54, 1.807) is 4.68 Å². The fourth-order valence-corrected chi connectivity index (χ4v) is 2.85. The fraction of sp³-hybridized carbons (Fsp3) is 0.467. The molecule has 1 unspecified atom stereocenters. The van der Waals surface area contributed by atoms with Crippen LogP contribution < -0.4 is 4.90 Å². The molecule has 2 aromatic heterocycles. The molecule has 1 fully saturated rings. The number of carboxylic acids is 1. The summed E-state index contributed by atoms with van der Waals surface area (Å²) in [6.45, 7) is 5.21. The summed E-state index contributed by atoms with van der Waals surface area (Å²) in [5, 5.41) is 22.0. The monoisotopic (exact) mass is 301 g/mol. The average Bonchev–Trinajstić information content (AvgIpc) is 2.86. The Balaban J connectivity index is 1.79. The SMILES string of the molecule is Cc1cc(C)n(-c2ccc(N3CCCC(C(=O)O)C3)nn2)n1. The lowest BCUT2D eigenvalue weighted by Crippen LogP contribution is -2.39. The molecule has 2 aromatic rings. The van der Waals surface area contributed by atoms with Gasteiger partial charge in [0.25, 0.3) is 0 Å². The van der Waals surface area contributed by atoms with Crippen LogP contribution in [0.3, 0.4) is 0 Å². The van der Waals surface area contributed by atoms with E-state index < -0.39 is 5.97 Å². The molecule has 1 N–H and O–H groups in total. The largest absolute Gasteiger partial charge is 0.481 e. The normalized spacial score (nSPS) is 18.5. The third kappa shape index (κ3) is 2.79. The van der Waals surface area contributed by atoms with Gasteiger partial charge in [-0.25, -0.2) is 4.68 Å². The molecule has 0 saturated carbocycles. The van der Waals surface area contributed by atoms with E-state index >= 15 is 0 Å². The predicted octanol–water partition coefficient (Wildman–Crippen LogP) is 1.58. The number of hydrogen-bond acceptors (Lipinski definition) is 5. The van der Waals surface area contributed by atoms with Gasteiger partial charge in [-0.2, -0.15) is 5.10 Å². The molecule has 116 valence electrons. The Morgan fingerprint density at radius 2 is 2.00 bits per heavy atom. The maximum Gasteiger partial charge on any atom is 0.308 e. The maximum atomic E-state index is 11.1. The molecule has 0 bridgehead atoms. The van der Waals surface area contributed by atoms with Gasteiger partial charge in [0.15, 0.2) is 11.6 Å². The van der Waals surface area contributed by atoms with E-state index in [0.717, 1.165) is 36.6 Å². The first-order valence-electron chi connectivity index (χ1n) is 7.40. The molecule has 1 saturated heterocycles. The van der Waals surface area contributed by atoms with Crippen LogP contribution in [0.15, 0.2) is 18.2 Å². The minimum atomic E-state index is -0.739. The van der Waals surface area contributed by atoms with Gasteiger partial charge in [0, 0.05) is 18.8 Å². The van der Waals surface area contributed by atoms with Crippen molar-refractivity contribution in [3.63, 3.8) is 0 Å². The van der Waals surface area contributed by atoms with Crippen LogP contribution in [-0.2, 0) is 4.79 Å². The fourth-order valence-electron chi connectivity index (χ4n) is 2.85. The average molecular weight is 301 g/mol. The molecule has 0 radical (unpaired) electrons. The Labute approximate surface area is 128 Å². The van der Waals surface area contributed by atoms with Crippen molar-refractivity contribution in [2.45, 2.75) is 26.7 Å². The standard InChI is InChI=1S/C15H19N5O2/c1-10-8-11(2)20(18-10)14-6-5-13(16-17-14)19-7-3-4-12(9-19)15(21)22/h5-6,8,12H,3-4,7,9H2,1-2H3,(H,21,22). The molecule has 0 amide bonds. The van der Waals surface area contributed by atoms with E-state index in [1.165, 1.54) is 0 Å². The smallest absolute Gasteiger partial charge is 0.308 e. The number of rotatable bonds is 3. The lowest BCUT2D eigenvalue weighted by molar-refractivity contribution is -0.141. The molecule has 7 heteroatoms. The lowest BCUT2D eigenvalue weighted by Gasteiger charge is -2.31. The van der Waals surface area contributed by atoms with E-state index in [-0.39, 0.29) is 5.92 Å². The van der Waals surface area contributed by atoms with Gasteiger partial charge < -0.3 is 10.0 Å². The van der Waals surface area contributed by atoms with Crippen LogP contribution in [0.2, 0.25) is 0 Å². The van der Waals surface area contributed by atoms with Gasteiger partial charge in [-0.3, -0.25) is 4.79 Å². The third-order valence-corrected chi connectivity index (χ3v) is 3.96. The first kappa shape index (κ1) is 14.5. The van der Waals surface area contributed by atoms with Gasteiger partial charge in [-0.05, 0) is 44.9 Å². The van der Waals surface area contributed by atoms with Gasteiger partial charge >= 0.3 is 5.97 Å². The molecule has 0 aliphatic carbocycles. The third-order valence-electron chi connectivity index (χ3n) is 3.96. The highest BCUT2D eigenvalue weighted by atomic mass is 16.4. The van der Waals surface area contributed by atoms with Crippen LogP contribution in [0.5, 0.6) is 0 Å². The Morgan fingerprint density at radius 3 is 2.59 bits per heavy atom. The highest BCUT2D eigenvalue weighted by molar-refractivity contribution is 5.71. The van der Waals surface area contributed by atoms with Crippen LogP contribution in [0.4, 0.5) is 5.82 Å². The number of nitrogens with zero attached hydrogens (tertiary/aromatic N) is 5. The van der Waals surface area contributed by atoms with Crippen molar-refractivity contribution in [3.05, 3.63) is 29.6 Å². The first-order chi connectivity index (χ1) is 10.5. The molecule has 1 atom stereocenters. The second kappa shape index (κ2) is 5.75. The number of carbonyl (C=O) groups is 1. The molecular weight excluding hydrogens is 282 g/mol. The van der Waals surface area contributed by atoms with E-state index in [4.69, 9.17) is 5.11 Å². The van der Waals surface area contributed by atoms with Gasteiger partial charge in [-0.15, -0.1) is 10.2 Å². The molecule has 7 nitrogen and oxygen atoms in total. The molecule has 3 rings (SSSR count). The molecule has 0 spiro atoms. The number of hydrogen-bond donors (Lipinski definition) is 1. The summed E-state index contributed by atoms with van der Waals surface area (Å²) in [5.74, 6) is 0.320. The van der Waals surface area contributed by atoms with E-state index in [9.17, 15) is 4.79 Å². The van der Waals surface area contributed by atoms with Crippen molar-refractivity contribution in [1.82, 2.24) is 20.0 Å². The van der Waals surface area contributed by atoms with Gasteiger partial charge in [-0.1, -0.05) is 0 Å². The molecule has 22 heavy (non-hydrogen) atoms. The summed E-state index contributed by atoms with van der Waals surface area (Å²) < 4.78 is 1.75. The molecule has 0 aromatic carbocycles. The van der Waals surface area contributed by atoms with Crippen molar-refractivity contribution in [2.75, 3.05) is 18.0 Å². The van der Waals surface area contributed by atoms with Crippen molar-refractivity contribution < 1.29 is 9.90 Å². The summed E-state index contributed by atoms with van der Waals surface area (Å²) in [6.07, 6.45) is 1.58. The quantitative estimate of drug-likeness (QED) is 0.926. The summed E-state index contributed by atoms with van der Waals surface area (Å²) >= 11 is 0. The minimum absolute atomic E-state index is 0.328. The topological polar surface area (TPSA) is 84.1 Å². The maximum absolute atomic E-state index is 11.1. The predicted molar refractivity (Wildman–Crippen MR) is 81.2 cm³/mol. The molecule has 1 aliphatic heterocycles. The Morgan fingerprint density at radius 1 is 1.27 bits per heavy atom. The molecule has 3 heterocycles. The van der Waals surface area contributed by atoms with E-state index in [0.29, 0.717) is 12.4 Å². The van der Waals surface area contributed by atoms with E-state index in [2.05, 4.69) is 15.3 Å². The van der Waals surface area contributed by atoms with Gasteiger partial charge in [0.05, 0.1) is 11.6 Å². The number of anilines is 1. The number of aromatic nitrogens is 4. The van der Waals surface area contributed by atoms with Crippen molar-refractivity contribution >= 4 is 11.8 Å². The number of carboxylic acid groups (broad SMARTS) is 1. The molecular formula is C15H19N5O2. The Kier molecular flexibility index (Phi) is 3.79. The summed E-state index contributed by atoms with van der Waals surface area (Å²) in [5.41, 5.74) is 1.94. The first-order valence-corrected chi connectivity index (χ1v) is 7.40. The van der Waals surface area contributed by atoms with Crippen molar-refractivity contribution in [3.8, 4) is 5.82 Å². The minimum Gasteiger partial charge on any atom is -0.481 e. The summed E-state index contributed by atoms with van der Waals surface area (Å²) in [4.78, 5) is 13.1. The van der Waals surface area contributed by atoms with E-state index in [1.807, 2.05) is 36.9 Å². The zero-order valence-corrected chi connectivity index (χ0v) is 12.7.